The lowest BCUT2D eigenvalue weighted by molar-refractivity contribution is -0.123. The normalized spacial score (nSPS) is 14.6. The first kappa shape index (κ1) is 16.6. The van der Waals surface area contributed by atoms with Crippen LogP contribution in [0.5, 0.6) is 5.75 Å². The molecule has 126 valence electrons. The number of hydrogen-bond donors (Lipinski definition) is 2. The number of nitrogens with one attached hydrogen (secondary N) is 2. The van der Waals surface area contributed by atoms with Crippen molar-refractivity contribution < 1.29 is 18.7 Å². The molecule has 0 radical (unpaired) electrons. The third kappa shape index (κ3) is 3.33. The van der Waals surface area contributed by atoms with Gasteiger partial charge in [0.05, 0.1) is 18.1 Å². The first-order chi connectivity index (χ1) is 12.0. The lowest BCUT2D eigenvalue weighted by atomic mass is 10.1. The molecule has 1 fully saturated rings. The van der Waals surface area contributed by atoms with E-state index < -0.39 is 11.8 Å². The van der Waals surface area contributed by atoms with Crippen molar-refractivity contribution >= 4 is 46.2 Å². The van der Waals surface area contributed by atoms with Gasteiger partial charge in [0, 0.05) is 0 Å². The standard InChI is InChI=1S/C17H12N2O5S/c1-23-10-5-6-13-12(7-10)14(20)9(8-24-13)3-2-4-11-15(21)18-17(25)19-16(11)22/h2-8H,1H3,(H2,18,19,21,22,25)/b3-2+. The number of thiocarbonyl (C=S) groups is 1. The predicted octanol–water partition coefficient (Wildman–Crippen LogP) is 1.27. The van der Waals surface area contributed by atoms with Crippen molar-refractivity contribution in [1.82, 2.24) is 10.6 Å². The third-order valence-electron chi connectivity index (χ3n) is 3.49. The van der Waals surface area contributed by atoms with Gasteiger partial charge in [-0.1, -0.05) is 6.08 Å². The van der Waals surface area contributed by atoms with Crippen LogP contribution in [0.1, 0.15) is 5.56 Å². The summed E-state index contributed by atoms with van der Waals surface area (Å²) in [7, 11) is 1.50. The second kappa shape index (κ2) is 6.70. The summed E-state index contributed by atoms with van der Waals surface area (Å²) in [5, 5.41) is 4.97. The molecule has 1 aromatic carbocycles. The molecule has 25 heavy (non-hydrogen) atoms. The van der Waals surface area contributed by atoms with Crippen molar-refractivity contribution in [2.45, 2.75) is 0 Å². The smallest absolute Gasteiger partial charge is 0.263 e. The molecule has 1 aliphatic heterocycles. The number of benzene rings is 1. The molecule has 0 bridgehead atoms. The monoisotopic (exact) mass is 356 g/mol. The average Bonchev–Trinajstić information content (AvgIpc) is 2.58. The molecular weight excluding hydrogens is 344 g/mol. The molecule has 1 aliphatic rings. The number of amides is 2. The van der Waals surface area contributed by atoms with E-state index in [1.54, 1.807) is 18.2 Å². The Balaban J connectivity index is 1.94. The second-order valence-corrected chi connectivity index (χ2v) is 5.47. The topological polar surface area (TPSA) is 97.6 Å². The number of rotatable bonds is 3. The first-order valence-electron chi connectivity index (χ1n) is 7.14. The summed E-state index contributed by atoms with van der Waals surface area (Å²) in [5.74, 6) is -0.670. The molecule has 7 nitrogen and oxygen atoms in total. The predicted molar refractivity (Wildman–Crippen MR) is 95.0 cm³/mol. The van der Waals surface area contributed by atoms with Crippen LogP contribution in [0.3, 0.4) is 0 Å². The van der Waals surface area contributed by atoms with Crippen LogP contribution in [0, 0.1) is 0 Å². The zero-order valence-electron chi connectivity index (χ0n) is 13.0. The largest absolute Gasteiger partial charge is 0.497 e. The highest BCUT2D eigenvalue weighted by atomic mass is 32.1. The zero-order chi connectivity index (χ0) is 18.0. The highest BCUT2D eigenvalue weighted by molar-refractivity contribution is 7.80. The molecule has 0 unspecified atom stereocenters. The summed E-state index contributed by atoms with van der Waals surface area (Å²) in [6.07, 6.45) is 5.47. The highest BCUT2D eigenvalue weighted by Gasteiger charge is 2.24. The van der Waals surface area contributed by atoms with E-state index in [1.807, 2.05) is 0 Å². The molecule has 0 spiro atoms. The second-order valence-electron chi connectivity index (χ2n) is 5.06. The van der Waals surface area contributed by atoms with Crippen LogP contribution in [0.2, 0.25) is 0 Å². The maximum Gasteiger partial charge on any atom is 0.263 e. The van der Waals surface area contributed by atoms with E-state index in [-0.39, 0.29) is 21.7 Å². The van der Waals surface area contributed by atoms with Gasteiger partial charge in [-0.3, -0.25) is 25.0 Å². The van der Waals surface area contributed by atoms with Crippen LogP contribution in [0.15, 0.2) is 51.4 Å². The molecule has 2 amide bonds. The maximum atomic E-state index is 12.5. The maximum absolute atomic E-state index is 12.5. The van der Waals surface area contributed by atoms with E-state index >= 15 is 0 Å². The number of fused-ring (bicyclic) bond motifs is 1. The van der Waals surface area contributed by atoms with Gasteiger partial charge in [-0.05, 0) is 42.6 Å². The number of hydrogen-bond acceptors (Lipinski definition) is 6. The fourth-order valence-electron chi connectivity index (χ4n) is 2.24. The van der Waals surface area contributed by atoms with Gasteiger partial charge in [0.1, 0.15) is 23.2 Å². The molecule has 2 N–H and O–H groups in total. The van der Waals surface area contributed by atoms with E-state index in [1.165, 1.54) is 31.6 Å². The number of ether oxygens (including phenoxy) is 1. The summed E-state index contributed by atoms with van der Waals surface area (Å²) in [6, 6.07) is 4.92. The third-order valence-corrected chi connectivity index (χ3v) is 3.69. The quantitative estimate of drug-likeness (QED) is 0.488. The highest BCUT2D eigenvalue weighted by Crippen LogP contribution is 2.18. The Hall–Kier alpha value is -3.26. The summed E-state index contributed by atoms with van der Waals surface area (Å²) < 4.78 is 10.5. The van der Waals surface area contributed by atoms with Gasteiger partial charge in [0.25, 0.3) is 11.8 Å². The van der Waals surface area contributed by atoms with E-state index in [2.05, 4.69) is 10.6 Å². The molecule has 1 aromatic heterocycles. The summed E-state index contributed by atoms with van der Waals surface area (Å²) in [5.41, 5.74) is 0.329. The van der Waals surface area contributed by atoms with Gasteiger partial charge in [0.15, 0.2) is 10.5 Å². The molecule has 3 rings (SSSR count). The number of methoxy groups -OCH3 is 1. The number of carbonyl (C=O) groups excluding carboxylic acids is 2. The summed E-state index contributed by atoms with van der Waals surface area (Å²) >= 11 is 4.71. The Morgan fingerprint density at radius 1 is 1.16 bits per heavy atom. The molecule has 2 aromatic rings. The van der Waals surface area contributed by atoms with Gasteiger partial charge in [0.2, 0.25) is 0 Å². The Bertz CT molecular complexity index is 997. The average molecular weight is 356 g/mol. The summed E-state index contributed by atoms with van der Waals surface area (Å²) in [4.78, 5) is 35.9. The minimum Gasteiger partial charge on any atom is -0.497 e. The molecule has 0 aliphatic carbocycles. The molecule has 1 saturated heterocycles. The summed E-state index contributed by atoms with van der Waals surface area (Å²) in [6.45, 7) is 0. The first-order valence-corrected chi connectivity index (χ1v) is 7.55. The van der Waals surface area contributed by atoms with E-state index in [0.29, 0.717) is 16.7 Å². The van der Waals surface area contributed by atoms with E-state index in [4.69, 9.17) is 21.4 Å². The minimum absolute atomic E-state index is 0.0414. The van der Waals surface area contributed by atoms with Crippen LogP contribution in [0.4, 0.5) is 0 Å². The Morgan fingerprint density at radius 3 is 2.56 bits per heavy atom. The Labute approximate surface area is 147 Å². The molecule has 2 heterocycles. The van der Waals surface area contributed by atoms with Crippen LogP contribution in [-0.2, 0) is 9.59 Å². The molecule has 8 heteroatoms. The van der Waals surface area contributed by atoms with Gasteiger partial charge in [-0.25, -0.2) is 0 Å². The van der Waals surface area contributed by atoms with Crippen molar-refractivity contribution in [1.29, 1.82) is 0 Å². The van der Waals surface area contributed by atoms with Crippen LogP contribution in [-0.4, -0.2) is 24.0 Å². The lowest BCUT2D eigenvalue weighted by Crippen LogP contribution is -2.51. The molecule has 0 saturated carbocycles. The lowest BCUT2D eigenvalue weighted by Gasteiger charge is -2.15. The van der Waals surface area contributed by atoms with Crippen molar-refractivity contribution in [3.05, 3.63) is 58.0 Å². The SMILES string of the molecule is COc1ccc2occ(/C=C/C=C3C(=O)NC(=S)NC3=O)c(=O)c2c1. The number of allylic oxidation sites excluding steroid dienone is 2. The van der Waals surface area contributed by atoms with Crippen LogP contribution in [0.25, 0.3) is 17.0 Å². The van der Waals surface area contributed by atoms with Gasteiger partial charge in [-0.2, -0.15) is 0 Å². The fraction of sp³-hybridized carbons (Fsp3) is 0.0588. The Morgan fingerprint density at radius 2 is 1.88 bits per heavy atom. The van der Waals surface area contributed by atoms with Crippen molar-refractivity contribution in [2.75, 3.05) is 7.11 Å². The zero-order valence-corrected chi connectivity index (χ0v) is 13.8. The van der Waals surface area contributed by atoms with E-state index in [0.717, 1.165) is 0 Å². The van der Waals surface area contributed by atoms with Gasteiger partial charge >= 0.3 is 0 Å². The Kier molecular flexibility index (Phi) is 4.44. The number of carbonyl (C=O) groups is 2. The van der Waals surface area contributed by atoms with Crippen molar-refractivity contribution in [3.8, 4) is 5.75 Å². The van der Waals surface area contributed by atoms with Gasteiger partial charge in [-0.15, -0.1) is 0 Å². The molecular formula is C17H12N2O5S. The van der Waals surface area contributed by atoms with Crippen molar-refractivity contribution in [3.63, 3.8) is 0 Å². The van der Waals surface area contributed by atoms with E-state index in [9.17, 15) is 14.4 Å². The van der Waals surface area contributed by atoms with Crippen LogP contribution >= 0.6 is 12.2 Å². The van der Waals surface area contributed by atoms with Crippen molar-refractivity contribution in [2.24, 2.45) is 0 Å². The molecule has 0 atom stereocenters. The van der Waals surface area contributed by atoms with Gasteiger partial charge < -0.3 is 9.15 Å². The minimum atomic E-state index is -0.603. The fourth-order valence-corrected chi connectivity index (χ4v) is 2.43. The van der Waals surface area contributed by atoms with Crippen LogP contribution < -0.4 is 20.8 Å².